The molecule has 0 N–H and O–H groups in total. The molecule has 3 heterocycles. The van der Waals surface area contributed by atoms with Crippen LogP contribution in [0.3, 0.4) is 0 Å². The summed E-state index contributed by atoms with van der Waals surface area (Å²) in [5, 5.41) is 9.23. The average molecular weight is 439 g/mol. The van der Waals surface area contributed by atoms with Crippen LogP contribution in [0.5, 0.6) is 0 Å². The van der Waals surface area contributed by atoms with Crippen molar-refractivity contribution in [2.45, 2.75) is 13.1 Å². The second-order valence-electron chi connectivity index (χ2n) is 7.26. The third kappa shape index (κ3) is 3.32. The smallest absolute Gasteiger partial charge is 0.273 e. The highest BCUT2D eigenvalue weighted by Gasteiger charge is 2.20. The second kappa shape index (κ2) is 7.21. The third-order valence-corrected chi connectivity index (χ3v) is 5.27. The van der Waals surface area contributed by atoms with Gasteiger partial charge in [0, 0.05) is 18.3 Å². The molecule has 8 nitrogen and oxygen atoms in total. The van der Waals surface area contributed by atoms with E-state index >= 15 is 0 Å². The lowest BCUT2D eigenvalue weighted by atomic mass is 10.2. The van der Waals surface area contributed by atoms with Crippen LogP contribution in [0.1, 0.15) is 11.1 Å². The Kier molecular flexibility index (Phi) is 4.48. The Bertz CT molecular complexity index is 1560. The summed E-state index contributed by atoms with van der Waals surface area (Å²) in [5.41, 5.74) is 1.24. The Morgan fingerprint density at radius 1 is 1.00 bits per heavy atom. The van der Waals surface area contributed by atoms with Crippen molar-refractivity contribution >= 4 is 28.4 Å². The maximum atomic E-state index is 13.3. The number of nitrogens with zero attached hydrogens (tertiary/aromatic N) is 6. The molecule has 0 saturated carbocycles. The van der Waals surface area contributed by atoms with Crippen LogP contribution in [0.2, 0.25) is 5.02 Å². The highest BCUT2D eigenvalue weighted by atomic mass is 35.5. The first-order chi connectivity index (χ1) is 14.9. The molecular weight excluding hydrogens is 423 g/mol. The first-order valence-corrected chi connectivity index (χ1v) is 9.83. The van der Waals surface area contributed by atoms with E-state index in [1.54, 1.807) is 43.6 Å². The Labute approximate surface area is 179 Å². The van der Waals surface area contributed by atoms with Gasteiger partial charge in [-0.25, -0.2) is 18.3 Å². The molecule has 0 atom stereocenters. The Morgan fingerprint density at radius 2 is 1.77 bits per heavy atom. The zero-order valence-electron chi connectivity index (χ0n) is 16.4. The molecule has 0 unspecified atom stereocenters. The number of rotatable bonds is 4. The van der Waals surface area contributed by atoms with Crippen LogP contribution in [0.4, 0.5) is 4.39 Å². The van der Waals surface area contributed by atoms with Gasteiger partial charge in [0.05, 0.1) is 13.1 Å². The summed E-state index contributed by atoms with van der Waals surface area (Å²) in [6.45, 7) is 0.302. The van der Waals surface area contributed by atoms with E-state index in [9.17, 15) is 14.0 Å². The predicted molar refractivity (Wildman–Crippen MR) is 114 cm³/mol. The number of aryl methyl sites for hydroxylation is 1. The largest absolute Gasteiger partial charge is 0.352 e. The number of halogens is 2. The standard InChI is InChI=1S/C21H16ClFN6O2/c1-26-12-17-18(24-26)19(30)27(10-13-5-7-16(23)8-6-13)20-25-28(21(31)29(17)20)11-14-3-2-4-15(22)9-14/h2-9,12H,10-11H2,1H3. The minimum absolute atomic E-state index is 0.114. The number of aromatic nitrogens is 6. The minimum Gasteiger partial charge on any atom is -0.273 e. The van der Waals surface area contributed by atoms with Gasteiger partial charge in [0.2, 0.25) is 5.78 Å². The number of hydrogen-bond acceptors (Lipinski definition) is 4. The van der Waals surface area contributed by atoms with Gasteiger partial charge in [0.1, 0.15) is 11.3 Å². The van der Waals surface area contributed by atoms with Gasteiger partial charge in [-0.1, -0.05) is 35.9 Å². The van der Waals surface area contributed by atoms with Crippen LogP contribution in [0.15, 0.2) is 64.3 Å². The highest BCUT2D eigenvalue weighted by molar-refractivity contribution is 6.30. The fourth-order valence-corrected chi connectivity index (χ4v) is 3.83. The molecule has 0 aliphatic heterocycles. The molecule has 0 spiro atoms. The minimum atomic E-state index is -0.402. The van der Waals surface area contributed by atoms with Crippen LogP contribution < -0.4 is 11.2 Å². The van der Waals surface area contributed by atoms with Gasteiger partial charge in [0.25, 0.3) is 5.56 Å². The van der Waals surface area contributed by atoms with Crippen LogP contribution in [-0.2, 0) is 20.1 Å². The molecule has 0 saturated heterocycles. The van der Waals surface area contributed by atoms with E-state index in [1.165, 1.54) is 30.5 Å². The summed E-state index contributed by atoms with van der Waals surface area (Å²) >= 11 is 6.06. The van der Waals surface area contributed by atoms with Crippen LogP contribution in [0, 0.1) is 5.82 Å². The van der Waals surface area contributed by atoms with E-state index in [2.05, 4.69) is 10.2 Å². The van der Waals surface area contributed by atoms with E-state index in [0.717, 1.165) is 5.56 Å². The van der Waals surface area contributed by atoms with Gasteiger partial charge in [0.15, 0.2) is 5.52 Å². The van der Waals surface area contributed by atoms with E-state index in [-0.39, 0.29) is 35.8 Å². The Hall–Kier alpha value is -3.72. The lowest BCUT2D eigenvalue weighted by Gasteiger charge is -2.07. The number of benzene rings is 2. The quantitative estimate of drug-likeness (QED) is 0.431. The van der Waals surface area contributed by atoms with Gasteiger partial charge in [-0.05, 0) is 35.4 Å². The molecule has 2 aromatic carbocycles. The zero-order valence-corrected chi connectivity index (χ0v) is 17.1. The lowest BCUT2D eigenvalue weighted by Crippen LogP contribution is -2.26. The maximum Gasteiger partial charge on any atom is 0.352 e. The Morgan fingerprint density at radius 3 is 2.52 bits per heavy atom. The summed E-state index contributed by atoms with van der Waals surface area (Å²) in [6, 6.07) is 12.9. The number of fused-ring (bicyclic) bond motifs is 3. The van der Waals surface area contributed by atoms with E-state index in [4.69, 9.17) is 11.6 Å². The highest BCUT2D eigenvalue weighted by Crippen LogP contribution is 2.14. The molecule has 0 aliphatic carbocycles. The molecule has 0 radical (unpaired) electrons. The molecule has 0 bridgehead atoms. The van der Waals surface area contributed by atoms with Crippen molar-refractivity contribution < 1.29 is 4.39 Å². The van der Waals surface area contributed by atoms with E-state index in [1.807, 2.05) is 6.07 Å². The van der Waals surface area contributed by atoms with Gasteiger partial charge >= 0.3 is 5.69 Å². The van der Waals surface area contributed by atoms with Crippen molar-refractivity contribution in [2.75, 3.05) is 0 Å². The van der Waals surface area contributed by atoms with E-state index < -0.39 is 5.69 Å². The fourth-order valence-electron chi connectivity index (χ4n) is 3.62. The van der Waals surface area contributed by atoms with Crippen molar-refractivity contribution in [3.8, 4) is 0 Å². The average Bonchev–Trinajstić information content (AvgIpc) is 3.27. The monoisotopic (exact) mass is 438 g/mol. The summed E-state index contributed by atoms with van der Waals surface area (Å²) in [5.74, 6) is -0.190. The summed E-state index contributed by atoms with van der Waals surface area (Å²) in [7, 11) is 1.68. The van der Waals surface area contributed by atoms with Crippen molar-refractivity contribution in [1.82, 2.24) is 28.5 Å². The van der Waals surface area contributed by atoms with Crippen molar-refractivity contribution in [3.05, 3.63) is 97.5 Å². The molecule has 5 rings (SSSR count). The first-order valence-electron chi connectivity index (χ1n) is 9.45. The molecule has 0 aliphatic rings. The molecule has 31 heavy (non-hydrogen) atoms. The second-order valence-corrected chi connectivity index (χ2v) is 7.70. The van der Waals surface area contributed by atoms with E-state index in [0.29, 0.717) is 16.1 Å². The molecular formula is C21H16ClFN6O2. The third-order valence-electron chi connectivity index (χ3n) is 5.04. The Balaban J connectivity index is 1.74. The van der Waals surface area contributed by atoms with Gasteiger partial charge in [-0.2, -0.15) is 5.10 Å². The number of hydrogen-bond donors (Lipinski definition) is 0. The normalized spacial score (nSPS) is 11.6. The van der Waals surface area contributed by atoms with Crippen LogP contribution in [-0.4, -0.2) is 28.5 Å². The van der Waals surface area contributed by atoms with Crippen LogP contribution >= 0.6 is 11.6 Å². The predicted octanol–water partition coefficient (Wildman–Crippen LogP) is 2.43. The molecule has 156 valence electrons. The lowest BCUT2D eigenvalue weighted by molar-refractivity contribution is 0.626. The summed E-state index contributed by atoms with van der Waals surface area (Å²) in [6.07, 6.45) is 1.61. The topological polar surface area (TPSA) is 79.1 Å². The fraction of sp³-hybridized carbons (Fsp3) is 0.143. The molecule has 10 heteroatoms. The SMILES string of the molecule is Cn1cc2c(n1)c(=O)n(Cc1ccc(F)cc1)c1nn(Cc3cccc(Cl)c3)c(=O)n21. The van der Waals surface area contributed by atoms with Crippen molar-refractivity contribution in [3.63, 3.8) is 0 Å². The molecule has 5 aromatic rings. The van der Waals surface area contributed by atoms with Gasteiger partial charge < -0.3 is 0 Å². The van der Waals surface area contributed by atoms with Crippen molar-refractivity contribution in [1.29, 1.82) is 0 Å². The maximum absolute atomic E-state index is 13.3. The summed E-state index contributed by atoms with van der Waals surface area (Å²) < 4.78 is 18.8. The molecule has 3 aromatic heterocycles. The van der Waals surface area contributed by atoms with Gasteiger partial charge in [-0.3, -0.25) is 14.0 Å². The van der Waals surface area contributed by atoms with Crippen LogP contribution in [0.25, 0.3) is 16.8 Å². The zero-order chi connectivity index (χ0) is 21.7. The summed E-state index contributed by atoms with van der Waals surface area (Å²) in [4.78, 5) is 26.4. The molecule has 0 fully saturated rings. The van der Waals surface area contributed by atoms with Gasteiger partial charge in [-0.15, -0.1) is 5.10 Å². The molecule has 0 amide bonds. The first kappa shape index (κ1) is 19.3. The van der Waals surface area contributed by atoms with Crippen molar-refractivity contribution in [2.24, 2.45) is 7.05 Å².